The van der Waals surface area contributed by atoms with E-state index in [1.807, 2.05) is 31.2 Å². The fourth-order valence-electron chi connectivity index (χ4n) is 3.14. The van der Waals surface area contributed by atoms with Crippen molar-refractivity contribution in [3.63, 3.8) is 0 Å². The summed E-state index contributed by atoms with van der Waals surface area (Å²) in [5.41, 5.74) is 4.38. The van der Waals surface area contributed by atoms with Gasteiger partial charge in [-0.15, -0.1) is 0 Å². The number of ether oxygens (including phenoxy) is 1. The van der Waals surface area contributed by atoms with Crippen LogP contribution in [-0.2, 0) is 16.6 Å². The summed E-state index contributed by atoms with van der Waals surface area (Å²) < 4.78 is 33.4. The molecule has 0 bridgehead atoms. The Balaban J connectivity index is 1.86. The van der Waals surface area contributed by atoms with Gasteiger partial charge in [-0.3, -0.25) is 0 Å². The van der Waals surface area contributed by atoms with E-state index in [1.54, 1.807) is 33.1 Å². The van der Waals surface area contributed by atoms with Crippen LogP contribution in [0.5, 0.6) is 5.75 Å². The molecule has 6 heteroatoms. The lowest BCUT2D eigenvalue weighted by molar-refractivity contribution is 0.413. The Morgan fingerprint density at radius 3 is 2.36 bits per heavy atom. The summed E-state index contributed by atoms with van der Waals surface area (Å²) in [7, 11) is -2.04. The molecule has 5 nitrogen and oxygen atoms in total. The Morgan fingerprint density at radius 1 is 1.04 bits per heavy atom. The summed E-state index contributed by atoms with van der Waals surface area (Å²) >= 11 is 0. The van der Waals surface area contributed by atoms with Gasteiger partial charge in [-0.2, -0.15) is 0 Å². The minimum atomic E-state index is -3.61. The zero-order valence-corrected chi connectivity index (χ0v) is 15.6. The smallest absolute Gasteiger partial charge is 0.241 e. The molecule has 0 aliphatic rings. The predicted molar refractivity (Wildman–Crippen MR) is 99.5 cm³/mol. The molecule has 3 rings (SSSR count). The van der Waals surface area contributed by atoms with Gasteiger partial charge in [-0.05, 0) is 73.2 Å². The van der Waals surface area contributed by atoms with Crippen molar-refractivity contribution in [3.8, 4) is 5.75 Å². The summed E-state index contributed by atoms with van der Waals surface area (Å²) in [6.07, 6.45) is 0. The van der Waals surface area contributed by atoms with E-state index < -0.39 is 10.0 Å². The molecule has 0 amide bonds. The Kier molecular flexibility index (Phi) is 4.58. The lowest BCUT2D eigenvalue weighted by Gasteiger charge is -2.14. The number of hydrogen-bond donors (Lipinski definition) is 2. The highest BCUT2D eigenvalue weighted by Gasteiger charge is 2.20. The average molecular weight is 358 g/mol. The first-order chi connectivity index (χ1) is 11.8. The first-order valence-corrected chi connectivity index (χ1v) is 9.51. The molecular formula is C19H22N2O3S. The maximum atomic E-state index is 12.8. The molecule has 0 aliphatic carbocycles. The van der Waals surface area contributed by atoms with Crippen LogP contribution in [0.3, 0.4) is 0 Å². The molecule has 1 aromatic heterocycles. The van der Waals surface area contributed by atoms with Gasteiger partial charge < -0.3 is 9.72 Å². The summed E-state index contributed by atoms with van der Waals surface area (Å²) in [6.45, 7) is 5.79. The molecular weight excluding hydrogens is 336 g/mol. The molecule has 0 aliphatic heterocycles. The third-order valence-corrected chi connectivity index (χ3v) is 5.93. The Hall–Kier alpha value is -2.31. The molecule has 0 spiro atoms. The van der Waals surface area contributed by atoms with Crippen LogP contribution in [0.15, 0.2) is 41.3 Å². The monoisotopic (exact) mass is 358 g/mol. The van der Waals surface area contributed by atoms with E-state index in [0.717, 1.165) is 22.2 Å². The fraction of sp³-hybridized carbons (Fsp3) is 0.263. The highest BCUT2D eigenvalue weighted by Crippen LogP contribution is 2.26. The molecule has 3 aromatic rings. The maximum absolute atomic E-state index is 12.8. The second-order valence-electron chi connectivity index (χ2n) is 6.29. The van der Waals surface area contributed by atoms with Crippen molar-refractivity contribution in [1.82, 2.24) is 9.71 Å². The SMILES string of the molecule is COc1cc(C)c(S(=O)(=O)NCc2ccc3[nH]c(C)cc3c2)c(C)c1. The van der Waals surface area contributed by atoms with Gasteiger partial charge in [0.1, 0.15) is 5.75 Å². The molecule has 0 unspecified atom stereocenters. The summed E-state index contributed by atoms with van der Waals surface area (Å²) in [6, 6.07) is 11.4. The first-order valence-electron chi connectivity index (χ1n) is 8.03. The van der Waals surface area contributed by atoms with Gasteiger partial charge in [0, 0.05) is 17.8 Å². The van der Waals surface area contributed by atoms with Crippen molar-refractivity contribution in [2.45, 2.75) is 32.2 Å². The standard InChI is InChI=1S/C19H22N2O3S/c1-12-7-17(24-4)8-13(2)19(12)25(22,23)20-11-15-5-6-18-16(10-15)9-14(3)21-18/h5-10,20-21H,11H2,1-4H3. The predicted octanol–water partition coefficient (Wildman–Crippen LogP) is 3.58. The van der Waals surface area contributed by atoms with Crippen LogP contribution in [-0.4, -0.2) is 20.5 Å². The van der Waals surface area contributed by atoms with E-state index in [2.05, 4.69) is 9.71 Å². The number of hydrogen-bond acceptors (Lipinski definition) is 3. The van der Waals surface area contributed by atoms with Gasteiger partial charge >= 0.3 is 0 Å². The maximum Gasteiger partial charge on any atom is 0.241 e. The summed E-state index contributed by atoms with van der Waals surface area (Å²) in [5.74, 6) is 0.655. The number of fused-ring (bicyclic) bond motifs is 1. The molecule has 0 atom stereocenters. The molecule has 132 valence electrons. The number of methoxy groups -OCH3 is 1. The van der Waals surface area contributed by atoms with Crippen molar-refractivity contribution >= 4 is 20.9 Å². The van der Waals surface area contributed by atoms with Crippen LogP contribution in [0.4, 0.5) is 0 Å². The van der Waals surface area contributed by atoms with Gasteiger partial charge in [-0.25, -0.2) is 13.1 Å². The third kappa shape index (κ3) is 3.55. The van der Waals surface area contributed by atoms with Gasteiger partial charge in [0.2, 0.25) is 10.0 Å². The number of aromatic amines is 1. The molecule has 25 heavy (non-hydrogen) atoms. The molecule has 0 saturated heterocycles. The third-order valence-electron chi connectivity index (χ3n) is 4.22. The Morgan fingerprint density at radius 2 is 1.72 bits per heavy atom. The molecule has 0 fully saturated rings. The Bertz CT molecular complexity index is 1010. The normalized spacial score (nSPS) is 11.8. The topological polar surface area (TPSA) is 71.2 Å². The van der Waals surface area contributed by atoms with Crippen molar-refractivity contribution in [2.24, 2.45) is 0 Å². The van der Waals surface area contributed by atoms with E-state index in [9.17, 15) is 8.42 Å². The number of aromatic nitrogens is 1. The summed E-state index contributed by atoms with van der Waals surface area (Å²) in [4.78, 5) is 3.57. The second-order valence-corrected chi connectivity index (χ2v) is 7.99. The van der Waals surface area contributed by atoms with E-state index in [1.165, 1.54) is 0 Å². The van der Waals surface area contributed by atoms with Crippen LogP contribution >= 0.6 is 0 Å². The highest BCUT2D eigenvalue weighted by molar-refractivity contribution is 7.89. The molecule has 2 N–H and O–H groups in total. The molecule has 2 aromatic carbocycles. The lowest BCUT2D eigenvalue weighted by Crippen LogP contribution is -2.24. The van der Waals surface area contributed by atoms with Crippen LogP contribution in [0, 0.1) is 20.8 Å². The van der Waals surface area contributed by atoms with Crippen molar-refractivity contribution in [1.29, 1.82) is 0 Å². The molecule has 0 radical (unpaired) electrons. The van der Waals surface area contributed by atoms with Crippen molar-refractivity contribution < 1.29 is 13.2 Å². The quantitative estimate of drug-likeness (QED) is 0.732. The van der Waals surface area contributed by atoms with Crippen molar-refractivity contribution in [3.05, 3.63) is 58.8 Å². The number of nitrogens with one attached hydrogen (secondary N) is 2. The number of aryl methyl sites for hydroxylation is 3. The summed E-state index contributed by atoms with van der Waals surface area (Å²) in [5, 5.41) is 1.08. The fourth-order valence-corrected chi connectivity index (χ4v) is 4.61. The Labute approximate surface area is 148 Å². The van der Waals surface area contributed by atoms with Crippen molar-refractivity contribution in [2.75, 3.05) is 7.11 Å². The number of rotatable bonds is 5. The van der Waals surface area contributed by atoms with E-state index >= 15 is 0 Å². The number of sulfonamides is 1. The zero-order valence-electron chi connectivity index (χ0n) is 14.8. The van der Waals surface area contributed by atoms with Crippen LogP contribution in [0.25, 0.3) is 10.9 Å². The van der Waals surface area contributed by atoms with Gasteiger partial charge in [-0.1, -0.05) is 6.07 Å². The van der Waals surface area contributed by atoms with E-state index in [-0.39, 0.29) is 6.54 Å². The minimum absolute atomic E-state index is 0.243. The molecule has 0 saturated carbocycles. The van der Waals surface area contributed by atoms with Crippen LogP contribution < -0.4 is 9.46 Å². The van der Waals surface area contributed by atoms with Gasteiger partial charge in [0.15, 0.2) is 0 Å². The first kappa shape index (κ1) is 17.5. The second kappa shape index (κ2) is 6.54. The van der Waals surface area contributed by atoms with E-state index in [4.69, 9.17) is 4.74 Å². The average Bonchev–Trinajstić information content (AvgIpc) is 2.91. The van der Waals surface area contributed by atoms with E-state index in [0.29, 0.717) is 21.8 Å². The zero-order chi connectivity index (χ0) is 18.2. The minimum Gasteiger partial charge on any atom is -0.497 e. The highest BCUT2D eigenvalue weighted by atomic mass is 32.2. The van der Waals surface area contributed by atoms with Gasteiger partial charge in [0.05, 0.1) is 12.0 Å². The van der Waals surface area contributed by atoms with Crippen LogP contribution in [0.1, 0.15) is 22.4 Å². The lowest BCUT2D eigenvalue weighted by atomic mass is 10.1. The largest absolute Gasteiger partial charge is 0.497 e. The van der Waals surface area contributed by atoms with Crippen LogP contribution in [0.2, 0.25) is 0 Å². The van der Waals surface area contributed by atoms with Gasteiger partial charge in [0.25, 0.3) is 0 Å². The number of H-pyrrole nitrogens is 1. The molecule has 1 heterocycles. The number of benzene rings is 2.